The van der Waals surface area contributed by atoms with E-state index in [-0.39, 0.29) is 28.7 Å². The lowest BCUT2D eigenvalue weighted by molar-refractivity contribution is 0.450. The molecule has 0 aliphatic rings. The SMILES string of the molecule is CC(C)Nc1nc2c(F)c(F)c(F)cc2[nH]1.Nc1cc(F)c(F)c(F)c1N. The van der Waals surface area contributed by atoms with Crippen LogP contribution in [-0.2, 0) is 0 Å². The van der Waals surface area contributed by atoms with E-state index in [0.717, 1.165) is 6.07 Å². The third-order valence-corrected chi connectivity index (χ3v) is 3.27. The van der Waals surface area contributed by atoms with E-state index in [1.807, 2.05) is 13.8 Å². The average Bonchev–Trinajstić information content (AvgIpc) is 2.98. The molecule has 0 aliphatic carbocycles. The van der Waals surface area contributed by atoms with Gasteiger partial charge in [0.25, 0.3) is 0 Å². The number of benzene rings is 2. The largest absolute Gasteiger partial charge is 0.397 e. The first-order chi connectivity index (χ1) is 12.5. The Morgan fingerprint density at radius 1 is 0.889 bits per heavy atom. The van der Waals surface area contributed by atoms with Crippen LogP contribution in [0.3, 0.4) is 0 Å². The number of halogens is 6. The summed E-state index contributed by atoms with van der Waals surface area (Å²) >= 11 is 0. The van der Waals surface area contributed by atoms with Gasteiger partial charge in [-0.15, -0.1) is 0 Å². The molecule has 0 atom stereocenters. The number of hydrogen-bond acceptors (Lipinski definition) is 4. The predicted molar refractivity (Wildman–Crippen MR) is 89.9 cm³/mol. The summed E-state index contributed by atoms with van der Waals surface area (Å²) in [5.41, 5.74) is 9.01. The standard InChI is InChI=1S/C10H10F3N3.C6H5F3N2/c1-4(2)14-10-15-6-3-5(11)7(12)8(13)9(6)16-10;7-2-1-3(10)6(11)5(9)4(2)8/h3-4H,1-2H3,(H2,14,15,16);1H,10-11H2. The van der Waals surface area contributed by atoms with Gasteiger partial charge in [0.05, 0.1) is 16.9 Å². The summed E-state index contributed by atoms with van der Waals surface area (Å²) in [6.07, 6.45) is 0. The number of aromatic amines is 1. The summed E-state index contributed by atoms with van der Waals surface area (Å²) in [6.45, 7) is 3.73. The number of rotatable bonds is 2. The summed E-state index contributed by atoms with van der Waals surface area (Å²) < 4.78 is 76.1. The van der Waals surface area contributed by atoms with Gasteiger partial charge in [0.2, 0.25) is 5.95 Å². The highest BCUT2D eigenvalue weighted by molar-refractivity contribution is 5.78. The van der Waals surface area contributed by atoms with Crippen molar-refractivity contribution < 1.29 is 26.3 Å². The number of anilines is 3. The maximum Gasteiger partial charge on any atom is 0.201 e. The van der Waals surface area contributed by atoms with E-state index in [1.54, 1.807) is 0 Å². The van der Waals surface area contributed by atoms with Crippen LogP contribution < -0.4 is 16.8 Å². The van der Waals surface area contributed by atoms with Gasteiger partial charge in [0.15, 0.2) is 34.9 Å². The maximum atomic E-state index is 13.3. The molecule has 146 valence electrons. The molecule has 3 rings (SSSR count). The van der Waals surface area contributed by atoms with Crippen molar-refractivity contribution in [1.82, 2.24) is 9.97 Å². The van der Waals surface area contributed by atoms with Crippen LogP contribution in [0.4, 0.5) is 43.7 Å². The lowest BCUT2D eigenvalue weighted by Gasteiger charge is -2.04. The van der Waals surface area contributed by atoms with E-state index in [0.29, 0.717) is 6.07 Å². The molecule has 5 nitrogen and oxygen atoms in total. The van der Waals surface area contributed by atoms with E-state index >= 15 is 0 Å². The van der Waals surface area contributed by atoms with Gasteiger partial charge in [-0.25, -0.2) is 31.3 Å². The van der Waals surface area contributed by atoms with Crippen molar-refractivity contribution in [3.63, 3.8) is 0 Å². The number of nitrogen functional groups attached to an aromatic ring is 2. The molecule has 1 heterocycles. The fraction of sp³-hybridized carbons (Fsp3) is 0.188. The fourth-order valence-electron chi connectivity index (χ4n) is 2.03. The Morgan fingerprint density at radius 3 is 2.04 bits per heavy atom. The molecule has 0 saturated heterocycles. The first-order valence-electron chi connectivity index (χ1n) is 7.51. The average molecular weight is 391 g/mol. The Balaban J connectivity index is 0.000000208. The van der Waals surface area contributed by atoms with E-state index in [2.05, 4.69) is 15.3 Å². The second-order valence-electron chi connectivity index (χ2n) is 5.76. The van der Waals surface area contributed by atoms with Crippen LogP contribution in [0.5, 0.6) is 0 Å². The highest BCUT2D eigenvalue weighted by Gasteiger charge is 2.17. The van der Waals surface area contributed by atoms with Crippen molar-refractivity contribution >= 4 is 28.4 Å². The fourth-order valence-corrected chi connectivity index (χ4v) is 2.03. The number of fused-ring (bicyclic) bond motifs is 1. The number of H-pyrrole nitrogens is 1. The molecular formula is C16H15F6N5. The monoisotopic (exact) mass is 391 g/mol. The zero-order valence-corrected chi connectivity index (χ0v) is 14.1. The van der Waals surface area contributed by atoms with Crippen LogP contribution in [0.15, 0.2) is 12.1 Å². The molecule has 0 radical (unpaired) electrons. The van der Waals surface area contributed by atoms with Crippen LogP contribution in [-0.4, -0.2) is 16.0 Å². The Labute approximate surface area is 149 Å². The van der Waals surface area contributed by atoms with Gasteiger partial charge in [0, 0.05) is 18.2 Å². The number of nitrogens with two attached hydrogens (primary N) is 2. The van der Waals surface area contributed by atoms with Crippen LogP contribution in [0, 0.1) is 34.9 Å². The molecular weight excluding hydrogens is 376 g/mol. The quantitative estimate of drug-likeness (QED) is 0.301. The lowest BCUT2D eigenvalue weighted by Crippen LogP contribution is -2.10. The minimum absolute atomic E-state index is 0.0818. The van der Waals surface area contributed by atoms with Crippen LogP contribution >= 0.6 is 0 Å². The Hall–Kier alpha value is -3.11. The molecule has 1 aromatic heterocycles. The molecule has 0 aliphatic heterocycles. The minimum atomic E-state index is -1.60. The molecule has 0 saturated carbocycles. The topological polar surface area (TPSA) is 92.8 Å². The van der Waals surface area contributed by atoms with Crippen LogP contribution in [0.25, 0.3) is 11.0 Å². The van der Waals surface area contributed by atoms with Crippen molar-refractivity contribution in [3.05, 3.63) is 47.0 Å². The van der Waals surface area contributed by atoms with Gasteiger partial charge in [-0.1, -0.05) is 0 Å². The number of nitrogens with zero attached hydrogens (tertiary/aromatic N) is 1. The summed E-state index contributed by atoms with van der Waals surface area (Å²) in [6, 6.07) is 1.60. The molecule has 0 fully saturated rings. The number of aromatic nitrogens is 2. The Kier molecular flexibility index (Phi) is 5.72. The van der Waals surface area contributed by atoms with E-state index < -0.39 is 40.6 Å². The Morgan fingerprint density at radius 2 is 1.44 bits per heavy atom. The lowest BCUT2D eigenvalue weighted by atomic mass is 10.2. The molecule has 0 bridgehead atoms. The Bertz CT molecular complexity index is 959. The molecule has 0 spiro atoms. The van der Waals surface area contributed by atoms with E-state index in [1.165, 1.54) is 0 Å². The molecule has 0 amide bonds. The van der Waals surface area contributed by atoms with Gasteiger partial charge < -0.3 is 21.8 Å². The highest BCUT2D eigenvalue weighted by atomic mass is 19.2. The summed E-state index contributed by atoms with van der Waals surface area (Å²) in [5, 5.41) is 2.88. The smallest absolute Gasteiger partial charge is 0.201 e. The van der Waals surface area contributed by atoms with Crippen molar-refractivity contribution in [3.8, 4) is 0 Å². The molecule has 27 heavy (non-hydrogen) atoms. The number of nitrogens with one attached hydrogen (secondary N) is 2. The van der Waals surface area contributed by atoms with Gasteiger partial charge >= 0.3 is 0 Å². The summed E-state index contributed by atoms with van der Waals surface area (Å²) in [4.78, 5) is 6.47. The highest BCUT2D eigenvalue weighted by Crippen LogP contribution is 2.24. The molecule has 3 aromatic rings. The third kappa shape index (κ3) is 4.18. The predicted octanol–water partition coefficient (Wildman–Crippen LogP) is 4.07. The third-order valence-electron chi connectivity index (χ3n) is 3.27. The number of hydrogen-bond donors (Lipinski definition) is 4. The van der Waals surface area contributed by atoms with Crippen molar-refractivity contribution in [2.24, 2.45) is 0 Å². The van der Waals surface area contributed by atoms with E-state index in [9.17, 15) is 26.3 Å². The second kappa shape index (κ2) is 7.64. The van der Waals surface area contributed by atoms with Crippen molar-refractivity contribution in [1.29, 1.82) is 0 Å². The normalized spacial score (nSPS) is 10.9. The second-order valence-corrected chi connectivity index (χ2v) is 5.76. The van der Waals surface area contributed by atoms with Crippen molar-refractivity contribution in [2.45, 2.75) is 19.9 Å². The zero-order chi connectivity index (χ0) is 20.5. The minimum Gasteiger partial charge on any atom is -0.397 e. The summed E-state index contributed by atoms with van der Waals surface area (Å²) in [5.74, 6) is -8.11. The van der Waals surface area contributed by atoms with Gasteiger partial charge in [-0.05, 0) is 13.8 Å². The van der Waals surface area contributed by atoms with E-state index in [4.69, 9.17) is 11.5 Å². The van der Waals surface area contributed by atoms with Gasteiger partial charge in [-0.3, -0.25) is 0 Å². The maximum absolute atomic E-state index is 13.3. The molecule has 6 N–H and O–H groups in total. The van der Waals surface area contributed by atoms with Crippen molar-refractivity contribution in [2.75, 3.05) is 16.8 Å². The molecule has 2 aromatic carbocycles. The first-order valence-corrected chi connectivity index (χ1v) is 7.51. The van der Waals surface area contributed by atoms with Gasteiger partial charge in [-0.2, -0.15) is 0 Å². The number of imidazole rings is 1. The zero-order valence-electron chi connectivity index (χ0n) is 14.1. The first kappa shape index (κ1) is 20.2. The van der Waals surface area contributed by atoms with Gasteiger partial charge in [0.1, 0.15) is 5.52 Å². The summed E-state index contributed by atoms with van der Waals surface area (Å²) in [7, 11) is 0. The van der Waals surface area contributed by atoms with Crippen LogP contribution in [0.2, 0.25) is 0 Å². The van der Waals surface area contributed by atoms with Crippen LogP contribution in [0.1, 0.15) is 13.8 Å². The molecule has 11 heteroatoms. The molecule has 0 unspecified atom stereocenters.